The zero-order chi connectivity index (χ0) is 16.2. The fraction of sp³-hybridized carbons (Fsp3) is 0.600. The van der Waals surface area contributed by atoms with Gasteiger partial charge in [-0.1, -0.05) is 12.1 Å². The third-order valence-corrected chi connectivity index (χ3v) is 5.77. The number of halogens is 1. The largest absolute Gasteiger partial charge is 0.381 e. The molecule has 0 unspecified atom stereocenters. The van der Waals surface area contributed by atoms with Crippen LogP contribution < -0.4 is 0 Å². The van der Waals surface area contributed by atoms with E-state index in [0.29, 0.717) is 39.1 Å². The van der Waals surface area contributed by atoms with E-state index in [4.69, 9.17) is 4.74 Å². The van der Waals surface area contributed by atoms with Gasteiger partial charge < -0.3 is 9.64 Å². The van der Waals surface area contributed by atoms with E-state index in [0.717, 1.165) is 0 Å². The van der Waals surface area contributed by atoms with Crippen molar-refractivity contribution in [3.63, 3.8) is 0 Å². The molecule has 1 aromatic carbocycles. The fourth-order valence-corrected chi connectivity index (χ4v) is 4.29. The topological polar surface area (TPSA) is 49.9 Å². The maximum Gasteiger partial charge on any atom is 0.246 e. The van der Waals surface area contributed by atoms with Crippen LogP contribution in [0.15, 0.2) is 29.2 Å². The first kappa shape index (κ1) is 17.3. The lowest BCUT2D eigenvalue weighted by molar-refractivity contribution is 0.0572. The predicted molar refractivity (Wildman–Crippen MR) is 82.7 cm³/mol. The van der Waals surface area contributed by atoms with Gasteiger partial charge in [0.2, 0.25) is 10.0 Å². The molecule has 1 heterocycles. The van der Waals surface area contributed by atoms with Crippen LogP contribution >= 0.6 is 0 Å². The minimum atomic E-state index is -3.85. The van der Waals surface area contributed by atoms with Crippen molar-refractivity contribution in [1.29, 1.82) is 0 Å². The lowest BCUT2D eigenvalue weighted by atomic mass is 10.1. The average Bonchev–Trinajstić information content (AvgIpc) is 2.48. The van der Waals surface area contributed by atoms with Gasteiger partial charge in [0.1, 0.15) is 10.7 Å². The number of hydrogen-bond acceptors (Lipinski definition) is 4. The van der Waals surface area contributed by atoms with Gasteiger partial charge in [-0.15, -0.1) is 0 Å². The SMILES string of the molecule is CN(C)CCN(C1CCOCC1)S(=O)(=O)c1ccccc1F. The van der Waals surface area contributed by atoms with Gasteiger partial charge in [-0.25, -0.2) is 12.8 Å². The molecule has 1 aromatic rings. The van der Waals surface area contributed by atoms with Crippen molar-refractivity contribution in [3.05, 3.63) is 30.1 Å². The highest BCUT2D eigenvalue weighted by Gasteiger charge is 2.33. The molecule has 1 aliphatic heterocycles. The first-order valence-corrected chi connectivity index (χ1v) is 8.86. The molecule has 0 amide bonds. The summed E-state index contributed by atoms with van der Waals surface area (Å²) in [6, 6.07) is 5.41. The summed E-state index contributed by atoms with van der Waals surface area (Å²) >= 11 is 0. The number of hydrogen-bond donors (Lipinski definition) is 0. The van der Waals surface area contributed by atoms with E-state index in [9.17, 15) is 12.8 Å². The predicted octanol–water partition coefficient (Wildman–Crippen LogP) is 1.56. The average molecular weight is 330 g/mol. The number of benzene rings is 1. The van der Waals surface area contributed by atoms with Crippen molar-refractivity contribution >= 4 is 10.0 Å². The third kappa shape index (κ3) is 4.04. The third-order valence-electron chi connectivity index (χ3n) is 3.79. The first-order valence-electron chi connectivity index (χ1n) is 7.42. The molecule has 22 heavy (non-hydrogen) atoms. The summed E-state index contributed by atoms with van der Waals surface area (Å²) < 4.78 is 46.5. The summed E-state index contributed by atoms with van der Waals surface area (Å²) in [5.74, 6) is -0.704. The van der Waals surface area contributed by atoms with E-state index in [1.807, 2.05) is 19.0 Å². The molecular formula is C15H23FN2O3S. The molecule has 0 saturated carbocycles. The van der Waals surface area contributed by atoms with E-state index in [2.05, 4.69) is 0 Å². The van der Waals surface area contributed by atoms with Crippen LogP contribution in [-0.4, -0.2) is 64.1 Å². The van der Waals surface area contributed by atoms with Gasteiger partial charge in [0.15, 0.2) is 0 Å². The van der Waals surface area contributed by atoms with Gasteiger partial charge >= 0.3 is 0 Å². The minimum absolute atomic E-state index is 0.140. The molecule has 124 valence electrons. The van der Waals surface area contributed by atoms with Gasteiger partial charge in [0.25, 0.3) is 0 Å². The zero-order valence-corrected chi connectivity index (χ0v) is 13.9. The molecule has 1 fully saturated rings. The van der Waals surface area contributed by atoms with Crippen LogP contribution in [0.25, 0.3) is 0 Å². The molecule has 1 aliphatic rings. The number of rotatable bonds is 6. The highest BCUT2D eigenvalue weighted by molar-refractivity contribution is 7.89. The number of nitrogens with zero attached hydrogens (tertiary/aromatic N) is 2. The summed E-state index contributed by atoms with van der Waals surface area (Å²) in [6.07, 6.45) is 1.28. The molecule has 0 radical (unpaired) electrons. The highest BCUT2D eigenvalue weighted by atomic mass is 32.2. The lowest BCUT2D eigenvalue weighted by Crippen LogP contribution is -2.46. The molecule has 0 N–H and O–H groups in total. The number of ether oxygens (including phenoxy) is 1. The van der Waals surface area contributed by atoms with Crippen LogP contribution in [0.4, 0.5) is 4.39 Å². The second-order valence-electron chi connectivity index (χ2n) is 5.69. The quantitative estimate of drug-likeness (QED) is 0.794. The lowest BCUT2D eigenvalue weighted by Gasteiger charge is -2.34. The second-order valence-corrected chi connectivity index (χ2v) is 7.55. The van der Waals surface area contributed by atoms with Crippen LogP contribution in [-0.2, 0) is 14.8 Å². The smallest absolute Gasteiger partial charge is 0.246 e. The van der Waals surface area contributed by atoms with Crippen LogP contribution in [0.2, 0.25) is 0 Å². The van der Waals surface area contributed by atoms with Crippen molar-refractivity contribution in [3.8, 4) is 0 Å². The Morgan fingerprint density at radius 1 is 1.18 bits per heavy atom. The van der Waals surface area contributed by atoms with Gasteiger partial charge in [0.05, 0.1) is 0 Å². The Morgan fingerprint density at radius 3 is 2.41 bits per heavy atom. The fourth-order valence-electron chi connectivity index (χ4n) is 2.55. The van der Waals surface area contributed by atoms with Gasteiger partial charge in [-0.3, -0.25) is 0 Å². The number of sulfonamides is 1. The van der Waals surface area contributed by atoms with E-state index >= 15 is 0 Å². The number of likely N-dealkylation sites (N-methyl/N-ethyl adjacent to an activating group) is 1. The summed E-state index contributed by atoms with van der Waals surface area (Å²) in [4.78, 5) is 1.67. The van der Waals surface area contributed by atoms with E-state index in [1.165, 1.54) is 22.5 Å². The molecule has 0 aromatic heterocycles. The van der Waals surface area contributed by atoms with Crippen molar-refractivity contribution in [2.45, 2.75) is 23.8 Å². The Bertz CT molecular complexity index is 586. The van der Waals surface area contributed by atoms with E-state index < -0.39 is 15.8 Å². The maximum atomic E-state index is 14.0. The molecule has 5 nitrogen and oxygen atoms in total. The second kappa shape index (κ2) is 7.50. The Labute approximate surface area is 131 Å². The van der Waals surface area contributed by atoms with Crippen molar-refractivity contribution in [2.24, 2.45) is 0 Å². The maximum absolute atomic E-state index is 14.0. The van der Waals surface area contributed by atoms with Crippen molar-refractivity contribution < 1.29 is 17.5 Å². The summed E-state index contributed by atoms with van der Waals surface area (Å²) in [6.45, 7) is 2.01. The van der Waals surface area contributed by atoms with E-state index in [1.54, 1.807) is 6.07 Å². The van der Waals surface area contributed by atoms with Gasteiger partial charge in [-0.2, -0.15) is 4.31 Å². The van der Waals surface area contributed by atoms with Crippen LogP contribution in [0.1, 0.15) is 12.8 Å². The molecule has 0 atom stereocenters. The monoisotopic (exact) mass is 330 g/mol. The van der Waals surface area contributed by atoms with Gasteiger partial charge in [0, 0.05) is 32.3 Å². The van der Waals surface area contributed by atoms with Crippen molar-refractivity contribution in [1.82, 2.24) is 9.21 Å². The van der Waals surface area contributed by atoms with Gasteiger partial charge in [-0.05, 0) is 39.1 Å². The van der Waals surface area contributed by atoms with Crippen LogP contribution in [0.5, 0.6) is 0 Å². The normalized spacial score (nSPS) is 17.3. The molecule has 0 bridgehead atoms. The zero-order valence-electron chi connectivity index (χ0n) is 13.0. The first-order chi connectivity index (χ1) is 10.4. The Kier molecular flexibility index (Phi) is 5.91. The van der Waals surface area contributed by atoms with Crippen LogP contribution in [0, 0.1) is 5.82 Å². The Hall–Kier alpha value is -1.02. The molecule has 0 spiro atoms. The van der Waals surface area contributed by atoms with Crippen LogP contribution in [0.3, 0.4) is 0 Å². The standard InChI is InChI=1S/C15H23FN2O3S/c1-17(2)9-10-18(13-7-11-21-12-8-13)22(19,20)15-6-4-3-5-14(15)16/h3-6,13H,7-12H2,1-2H3. The summed E-state index contributed by atoms with van der Waals surface area (Å²) in [7, 11) is -0.0774. The molecular weight excluding hydrogens is 307 g/mol. The summed E-state index contributed by atoms with van der Waals surface area (Å²) in [5.41, 5.74) is 0. The Balaban J connectivity index is 2.31. The Morgan fingerprint density at radius 2 is 1.82 bits per heavy atom. The molecule has 2 rings (SSSR count). The molecule has 7 heteroatoms. The molecule has 0 aliphatic carbocycles. The minimum Gasteiger partial charge on any atom is -0.381 e. The highest BCUT2D eigenvalue weighted by Crippen LogP contribution is 2.25. The van der Waals surface area contributed by atoms with E-state index in [-0.39, 0.29) is 10.9 Å². The molecule has 1 saturated heterocycles. The summed E-state index contributed by atoms with van der Waals surface area (Å²) in [5, 5.41) is 0. The van der Waals surface area contributed by atoms with Crippen molar-refractivity contribution in [2.75, 3.05) is 40.4 Å².